The van der Waals surface area contributed by atoms with E-state index in [9.17, 15) is 9.59 Å². The lowest BCUT2D eigenvalue weighted by Crippen LogP contribution is -2.22. The third kappa shape index (κ3) is 4.78. The lowest BCUT2D eigenvalue weighted by Gasteiger charge is -2.20. The maximum Gasteiger partial charge on any atom is 0.236 e. The Morgan fingerprint density at radius 3 is 1.57 bits per heavy atom. The molecular weight excluding hydrogens is 380 g/mol. The smallest absolute Gasteiger partial charge is 0.236 e. The highest BCUT2D eigenvalue weighted by Crippen LogP contribution is 2.37. The van der Waals surface area contributed by atoms with Crippen LogP contribution >= 0.6 is 0 Å². The van der Waals surface area contributed by atoms with Crippen LogP contribution < -0.4 is 20.1 Å². The second kappa shape index (κ2) is 9.60. The first-order valence-electron chi connectivity index (χ1n) is 9.48. The molecule has 0 aliphatic heterocycles. The number of ether oxygens (including phenoxy) is 2. The Balaban J connectivity index is 1.98. The van der Waals surface area contributed by atoms with E-state index < -0.39 is 5.92 Å². The summed E-state index contributed by atoms with van der Waals surface area (Å²) >= 11 is 0. The number of anilines is 2. The van der Waals surface area contributed by atoms with Crippen molar-refractivity contribution in [3.63, 3.8) is 0 Å². The van der Waals surface area contributed by atoms with Crippen LogP contribution in [0.2, 0.25) is 0 Å². The van der Waals surface area contributed by atoms with Crippen molar-refractivity contribution in [2.45, 2.75) is 12.8 Å². The van der Waals surface area contributed by atoms with Crippen LogP contribution in [0.5, 0.6) is 11.5 Å². The van der Waals surface area contributed by atoms with Crippen LogP contribution in [0, 0.1) is 0 Å². The zero-order chi connectivity index (χ0) is 21.5. The Kier molecular flexibility index (Phi) is 6.70. The summed E-state index contributed by atoms with van der Waals surface area (Å²) in [6.45, 7) is 1.41. The first kappa shape index (κ1) is 20.9. The number of benzene rings is 3. The first-order chi connectivity index (χ1) is 14.5. The van der Waals surface area contributed by atoms with Crippen LogP contribution in [0.3, 0.4) is 0 Å². The maximum atomic E-state index is 13.4. The predicted octanol–water partition coefficient (Wildman–Crippen LogP) is 4.43. The number of methoxy groups -OCH3 is 2. The number of carbonyl (C=O) groups excluding carboxylic acids is 2. The monoisotopic (exact) mass is 404 g/mol. The van der Waals surface area contributed by atoms with Gasteiger partial charge in [-0.15, -0.1) is 0 Å². The van der Waals surface area contributed by atoms with Gasteiger partial charge >= 0.3 is 0 Å². The summed E-state index contributed by atoms with van der Waals surface area (Å²) in [5, 5.41) is 5.65. The standard InChI is InChI=1S/C24H24N2O4/c1-16(27)25-19-14-22(30-3)20(15-21(19)29-2)26-24(28)23(17-10-6-4-7-11-17)18-12-8-5-9-13-18/h4-15,23H,1-3H3,(H,25,27)(H,26,28). The number of rotatable bonds is 7. The molecular formula is C24H24N2O4. The summed E-state index contributed by atoms with van der Waals surface area (Å²) in [6, 6.07) is 22.4. The Morgan fingerprint density at radius 2 is 1.17 bits per heavy atom. The van der Waals surface area contributed by atoms with Crippen LogP contribution in [0.15, 0.2) is 72.8 Å². The molecule has 2 N–H and O–H groups in total. The first-order valence-corrected chi connectivity index (χ1v) is 9.48. The molecule has 30 heavy (non-hydrogen) atoms. The zero-order valence-electron chi connectivity index (χ0n) is 17.1. The molecule has 0 aliphatic carbocycles. The molecule has 0 aromatic heterocycles. The highest BCUT2D eigenvalue weighted by molar-refractivity contribution is 6.00. The lowest BCUT2D eigenvalue weighted by molar-refractivity contribution is -0.117. The molecule has 0 heterocycles. The van der Waals surface area contributed by atoms with Gasteiger partial charge in [0.1, 0.15) is 11.5 Å². The Labute approximate surface area is 175 Å². The minimum atomic E-state index is -0.502. The van der Waals surface area contributed by atoms with Gasteiger partial charge in [0.25, 0.3) is 0 Å². The molecule has 0 saturated heterocycles. The van der Waals surface area contributed by atoms with Crippen molar-refractivity contribution in [2.24, 2.45) is 0 Å². The zero-order valence-corrected chi connectivity index (χ0v) is 17.1. The van der Waals surface area contributed by atoms with Crippen LogP contribution in [0.25, 0.3) is 0 Å². The highest BCUT2D eigenvalue weighted by atomic mass is 16.5. The van der Waals surface area contributed by atoms with E-state index in [0.717, 1.165) is 11.1 Å². The quantitative estimate of drug-likeness (QED) is 0.611. The lowest BCUT2D eigenvalue weighted by atomic mass is 9.90. The van der Waals surface area contributed by atoms with E-state index in [1.54, 1.807) is 12.1 Å². The Hall–Kier alpha value is -3.80. The third-order valence-electron chi connectivity index (χ3n) is 4.62. The summed E-state index contributed by atoms with van der Waals surface area (Å²) in [4.78, 5) is 24.8. The van der Waals surface area contributed by atoms with Gasteiger partial charge in [0.15, 0.2) is 0 Å². The van der Waals surface area contributed by atoms with Crippen molar-refractivity contribution in [1.82, 2.24) is 0 Å². The maximum absolute atomic E-state index is 13.4. The molecule has 0 radical (unpaired) electrons. The fourth-order valence-corrected chi connectivity index (χ4v) is 3.27. The third-order valence-corrected chi connectivity index (χ3v) is 4.62. The van der Waals surface area contributed by atoms with E-state index in [2.05, 4.69) is 10.6 Å². The topological polar surface area (TPSA) is 76.7 Å². The van der Waals surface area contributed by atoms with Gasteiger partial charge in [-0.25, -0.2) is 0 Å². The van der Waals surface area contributed by atoms with Crippen LogP contribution in [-0.2, 0) is 9.59 Å². The second-order valence-corrected chi connectivity index (χ2v) is 6.68. The average molecular weight is 404 g/mol. The SMILES string of the molecule is COc1cc(NC(=O)C(c2ccccc2)c2ccccc2)c(OC)cc1NC(C)=O. The van der Waals surface area contributed by atoms with Crippen LogP contribution in [0.1, 0.15) is 24.0 Å². The van der Waals surface area contributed by atoms with E-state index in [4.69, 9.17) is 9.47 Å². The van der Waals surface area contributed by atoms with Crippen LogP contribution in [-0.4, -0.2) is 26.0 Å². The van der Waals surface area contributed by atoms with Gasteiger partial charge < -0.3 is 20.1 Å². The van der Waals surface area contributed by atoms with Crippen LogP contribution in [0.4, 0.5) is 11.4 Å². The minimum Gasteiger partial charge on any atom is -0.494 e. The molecule has 6 heteroatoms. The highest BCUT2D eigenvalue weighted by Gasteiger charge is 2.24. The summed E-state index contributed by atoms with van der Waals surface area (Å²) in [7, 11) is 3.00. The summed E-state index contributed by atoms with van der Waals surface area (Å²) in [5.74, 6) is -0.122. The molecule has 0 atom stereocenters. The number of nitrogens with one attached hydrogen (secondary N) is 2. The average Bonchev–Trinajstić information content (AvgIpc) is 2.75. The van der Waals surface area contributed by atoms with Crippen molar-refractivity contribution in [3.05, 3.63) is 83.9 Å². The fraction of sp³-hybridized carbons (Fsp3) is 0.167. The van der Waals surface area contributed by atoms with Gasteiger partial charge in [-0.3, -0.25) is 9.59 Å². The van der Waals surface area contributed by atoms with E-state index in [1.165, 1.54) is 21.1 Å². The minimum absolute atomic E-state index is 0.208. The molecule has 0 saturated carbocycles. The van der Waals surface area contributed by atoms with Gasteiger partial charge in [-0.2, -0.15) is 0 Å². The number of hydrogen-bond donors (Lipinski definition) is 2. The molecule has 3 rings (SSSR count). The largest absolute Gasteiger partial charge is 0.494 e. The van der Waals surface area contributed by atoms with Gasteiger partial charge in [-0.1, -0.05) is 60.7 Å². The Morgan fingerprint density at radius 1 is 0.733 bits per heavy atom. The normalized spacial score (nSPS) is 10.4. The number of hydrogen-bond acceptors (Lipinski definition) is 4. The molecule has 3 aromatic rings. The van der Waals surface area contributed by atoms with Gasteiger partial charge in [0.05, 0.1) is 31.5 Å². The number of amides is 2. The van der Waals surface area contributed by atoms with E-state index in [1.807, 2.05) is 60.7 Å². The summed E-state index contributed by atoms with van der Waals surface area (Å²) < 4.78 is 10.8. The molecule has 6 nitrogen and oxygen atoms in total. The summed E-state index contributed by atoms with van der Waals surface area (Å²) in [5.41, 5.74) is 2.66. The van der Waals surface area contributed by atoms with Gasteiger partial charge in [0.2, 0.25) is 11.8 Å². The van der Waals surface area contributed by atoms with E-state index in [0.29, 0.717) is 22.9 Å². The van der Waals surface area contributed by atoms with E-state index in [-0.39, 0.29) is 11.8 Å². The molecule has 2 amide bonds. The molecule has 0 unspecified atom stereocenters. The van der Waals surface area contributed by atoms with Crippen molar-refractivity contribution in [2.75, 3.05) is 24.9 Å². The van der Waals surface area contributed by atoms with Crippen molar-refractivity contribution >= 4 is 23.2 Å². The van der Waals surface area contributed by atoms with E-state index >= 15 is 0 Å². The predicted molar refractivity (Wildman–Crippen MR) is 117 cm³/mol. The Bertz CT molecular complexity index is 981. The molecule has 154 valence electrons. The molecule has 0 aliphatic rings. The second-order valence-electron chi connectivity index (χ2n) is 6.68. The van der Waals surface area contributed by atoms with Crippen molar-refractivity contribution < 1.29 is 19.1 Å². The van der Waals surface area contributed by atoms with Crippen molar-refractivity contribution in [1.29, 1.82) is 0 Å². The number of carbonyl (C=O) groups is 2. The summed E-state index contributed by atoms with van der Waals surface area (Å²) in [6.07, 6.45) is 0. The molecule has 0 fully saturated rings. The van der Waals surface area contributed by atoms with Crippen molar-refractivity contribution in [3.8, 4) is 11.5 Å². The van der Waals surface area contributed by atoms with Gasteiger partial charge in [0, 0.05) is 19.1 Å². The molecule has 0 spiro atoms. The fourth-order valence-electron chi connectivity index (χ4n) is 3.27. The molecule has 0 bridgehead atoms. The van der Waals surface area contributed by atoms with Gasteiger partial charge in [-0.05, 0) is 11.1 Å². The molecule has 3 aromatic carbocycles.